The predicted octanol–water partition coefficient (Wildman–Crippen LogP) is 4.43. The molecule has 0 saturated heterocycles. The van der Waals surface area contributed by atoms with Gasteiger partial charge in [-0.2, -0.15) is 0 Å². The van der Waals surface area contributed by atoms with Gasteiger partial charge in [-0.3, -0.25) is 4.79 Å². The Bertz CT molecular complexity index is 883. The van der Waals surface area contributed by atoms with Crippen LogP contribution >= 0.6 is 0 Å². The summed E-state index contributed by atoms with van der Waals surface area (Å²) in [5.41, 5.74) is 2.54. The second-order valence-corrected chi connectivity index (χ2v) is 7.39. The SMILES string of the molecule is O=C(Cn1cnc2cccnc21)N(CCC1CCCCC1)c1ccccc1. The zero-order valence-corrected chi connectivity index (χ0v) is 15.6. The largest absolute Gasteiger partial charge is 0.311 e. The molecule has 5 heteroatoms. The van der Waals surface area contributed by atoms with Crippen LogP contribution in [0.1, 0.15) is 38.5 Å². The van der Waals surface area contributed by atoms with Gasteiger partial charge in [-0.05, 0) is 36.6 Å². The molecule has 1 amide bonds. The molecule has 0 bridgehead atoms. The van der Waals surface area contributed by atoms with Crippen molar-refractivity contribution in [1.29, 1.82) is 0 Å². The summed E-state index contributed by atoms with van der Waals surface area (Å²) < 4.78 is 1.84. The van der Waals surface area contributed by atoms with E-state index in [1.807, 2.05) is 51.9 Å². The van der Waals surface area contributed by atoms with Gasteiger partial charge in [0, 0.05) is 18.4 Å². The number of nitrogens with zero attached hydrogens (tertiary/aromatic N) is 4. The molecular weight excluding hydrogens is 336 g/mol. The first-order valence-electron chi connectivity index (χ1n) is 9.92. The van der Waals surface area contributed by atoms with Gasteiger partial charge in [0.25, 0.3) is 0 Å². The number of rotatable bonds is 6. The molecule has 2 heterocycles. The van der Waals surface area contributed by atoms with Gasteiger partial charge < -0.3 is 9.47 Å². The molecule has 0 spiro atoms. The molecule has 1 fully saturated rings. The predicted molar refractivity (Wildman–Crippen MR) is 108 cm³/mol. The van der Waals surface area contributed by atoms with Crippen LogP contribution in [-0.2, 0) is 11.3 Å². The number of para-hydroxylation sites is 1. The van der Waals surface area contributed by atoms with Gasteiger partial charge in [0.2, 0.25) is 5.91 Å². The van der Waals surface area contributed by atoms with Gasteiger partial charge in [-0.25, -0.2) is 9.97 Å². The van der Waals surface area contributed by atoms with E-state index in [-0.39, 0.29) is 12.5 Å². The van der Waals surface area contributed by atoms with Gasteiger partial charge in [-0.15, -0.1) is 0 Å². The molecule has 1 aromatic carbocycles. The molecule has 4 rings (SSSR count). The van der Waals surface area contributed by atoms with Crippen molar-refractivity contribution in [2.45, 2.75) is 45.1 Å². The zero-order valence-electron chi connectivity index (χ0n) is 15.6. The Balaban J connectivity index is 1.51. The van der Waals surface area contributed by atoms with E-state index >= 15 is 0 Å². The summed E-state index contributed by atoms with van der Waals surface area (Å²) in [6.07, 6.45) is 11.1. The van der Waals surface area contributed by atoms with Gasteiger partial charge >= 0.3 is 0 Å². The first-order chi connectivity index (χ1) is 13.3. The third-order valence-electron chi connectivity index (χ3n) is 5.53. The highest BCUT2D eigenvalue weighted by Gasteiger charge is 2.20. The number of hydrogen-bond donors (Lipinski definition) is 0. The second kappa shape index (κ2) is 8.33. The standard InChI is InChI=1S/C22H26N4O/c27-21(16-25-17-24-20-12-7-14-23-22(20)25)26(19-10-5-2-6-11-19)15-13-18-8-3-1-4-9-18/h2,5-7,10-12,14,17-18H,1,3-4,8-9,13,15-16H2. The summed E-state index contributed by atoms with van der Waals surface area (Å²) in [6, 6.07) is 13.8. The molecule has 0 radical (unpaired) electrons. The van der Waals surface area contributed by atoms with Gasteiger partial charge in [0.1, 0.15) is 12.1 Å². The lowest BCUT2D eigenvalue weighted by atomic mass is 9.87. The number of fused-ring (bicyclic) bond motifs is 1. The van der Waals surface area contributed by atoms with Crippen molar-refractivity contribution in [2.75, 3.05) is 11.4 Å². The zero-order chi connectivity index (χ0) is 18.5. The average molecular weight is 362 g/mol. The van der Waals surface area contributed by atoms with Crippen LogP contribution in [0.5, 0.6) is 0 Å². The Morgan fingerprint density at radius 1 is 1.04 bits per heavy atom. The van der Waals surface area contributed by atoms with Crippen molar-refractivity contribution in [3.8, 4) is 0 Å². The lowest BCUT2D eigenvalue weighted by molar-refractivity contribution is -0.119. The molecule has 0 atom stereocenters. The molecule has 1 aliphatic rings. The Labute approximate surface area is 160 Å². The topological polar surface area (TPSA) is 51.0 Å². The van der Waals surface area contributed by atoms with Crippen LogP contribution in [0.3, 0.4) is 0 Å². The van der Waals surface area contributed by atoms with Gasteiger partial charge in [0.05, 0.1) is 6.33 Å². The van der Waals surface area contributed by atoms with Crippen molar-refractivity contribution in [3.63, 3.8) is 0 Å². The number of anilines is 1. The van der Waals surface area contributed by atoms with Crippen molar-refractivity contribution in [2.24, 2.45) is 5.92 Å². The summed E-state index contributed by atoms with van der Waals surface area (Å²) in [5, 5.41) is 0. The summed E-state index contributed by atoms with van der Waals surface area (Å²) in [7, 11) is 0. The number of hydrogen-bond acceptors (Lipinski definition) is 3. The molecule has 140 valence electrons. The summed E-state index contributed by atoms with van der Waals surface area (Å²) >= 11 is 0. The number of carbonyl (C=O) groups excluding carboxylic acids is 1. The van der Waals surface area contributed by atoms with Crippen LogP contribution in [-0.4, -0.2) is 27.0 Å². The van der Waals surface area contributed by atoms with Crippen molar-refractivity contribution in [1.82, 2.24) is 14.5 Å². The van der Waals surface area contributed by atoms with Crippen molar-refractivity contribution < 1.29 is 4.79 Å². The minimum Gasteiger partial charge on any atom is -0.311 e. The highest BCUT2D eigenvalue weighted by molar-refractivity contribution is 5.93. The fourth-order valence-corrected chi connectivity index (χ4v) is 4.04. The smallest absolute Gasteiger partial charge is 0.247 e. The molecule has 3 aromatic rings. The van der Waals surface area contributed by atoms with Crippen LogP contribution < -0.4 is 4.90 Å². The lowest BCUT2D eigenvalue weighted by Crippen LogP contribution is -2.35. The molecule has 5 nitrogen and oxygen atoms in total. The van der Waals surface area contributed by atoms with E-state index in [1.54, 1.807) is 12.5 Å². The Kier molecular flexibility index (Phi) is 5.47. The van der Waals surface area contributed by atoms with E-state index in [2.05, 4.69) is 9.97 Å². The first kappa shape index (κ1) is 17.7. The Morgan fingerprint density at radius 3 is 2.67 bits per heavy atom. The summed E-state index contributed by atoms with van der Waals surface area (Å²) in [4.78, 5) is 23.8. The van der Waals surface area contributed by atoms with Crippen LogP contribution in [0.2, 0.25) is 0 Å². The van der Waals surface area contributed by atoms with Crippen LogP contribution in [0.25, 0.3) is 11.2 Å². The maximum Gasteiger partial charge on any atom is 0.247 e. The summed E-state index contributed by atoms with van der Waals surface area (Å²) in [6.45, 7) is 1.03. The van der Waals surface area contributed by atoms with E-state index in [4.69, 9.17) is 0 Å². The van der Waals surface area contributed by atoms with Crippen LogP contribution in [0.4, 0.5) is 5.69 Å². The third kappa shape index (κ3) is 4.18. The fraction of sp³-hybridized carbons (Fsp3) is 0.409. The Morgan fingerprint density at radius 2 is 1.85 bits per heavy atom. The molecule has 1 aliphatic carbocycles. The maximum absolute atomic E-state index is 13.2. The number of aromatic nitrogens is 3. The quantitative estimate of drug-likeness (QED) is 0.651. The van der Waals surface area contributed by atoms with Crippen molar-refractivity contribution >= 4 is 22.8 Å². The molecule has 0 aliphatic heterocycles. The lowest BCUT2D eigenvalue weighted by Gasteiger charge is -2.27. The molecule has 0 N–H and O–H groups in total. The number of amides is 1. The first-order valence-corrected chi connectivity index (χ1v) is 9.92. The molecular formula is C22H26N4O. The van der Waals surface area contributed by atoms with E-state index in [0.717, 1.165) is 35.7 Å². The van der Waals surface area contributed by atoms with Gasteiger partial charge in [0.15, 0.2) is 5.65 Å². The molecule has 1 saturated carbocycles. The monoisotopic (exact) mass is 362 g/mol. The highest BCUT2D eigenvalue weighted by atomic mass is 16.2. The number of carbonyl (C=O) groups is 1. The number of benzene rings is 1. The van der Waals surface area contributed by atoms with E-state index in [9.17, 15) is 4.79 Å². The number of pyridine rings is 1. The van der Waals surface area contributed by atoms with E-state index in [0.29, 0.717) is 0 Å². The number of imidazole rings is 1. The maximum atomic E-state index is 13.2. The summed E-state index contributed by atoms with van der Waals surface area (Å²) in [5.74, 6) is 0.829. The second-order valence-electron chi connectivity index (χ2n) is 7.39. The van der Waals surface area contributed by atoms with E-state index < -0.39 is 0 Å². The normalized spacial score (nSPS) is 15.1. The van der Waals surface area contributed by atoms with Crippen LogP contribution in [0, 0.1) is 5.92 Å². The molecule has 0 unspecified atom stereocenters. The highest BCUT2D eigenvalue weighted by Crippen LogP contribution is 2.27. The minimum atomic E-state index is 0.0852. The van der Waals surface area contributed by atoms with Crippen molar-refractivity contribution in [3.05, 3.63) is 55.0 Å². The molecule has 2 aromatic heterocycles. The van der Waals surface area contributed by atoms with Crippen LogP contribution in [0.15, 0.2) is 55.0 Å². The molecule has 27 heavy (non-hydrogen) atoms. The Hall–Kier alpha value is -2.69. The van der Waals surface area contributed by atoms with E-state index in [1.165, 1.54) is 32.1 Å². The fourth-order valence-electron chi connectivity index (χ4n) is 4.04. The third-order valence-corrected chi connectivity index (χ3v) is 5.53. The van der Waals surface area contributed by atoms with Gasteiger partial charge in [-0.1, -0.05) is 50.3 Å². The minimum absolute atomic E-state index is 0.0852. The average Bonchev–Trinajstić information content (AvgIpc) is 3.13.